The van der Waals surface area contributed by atoms with Crippen molar-refractivity contribution in [3.05, 3.63) is 46.8 Å². The van der Waals surface area contributed by atoms with Crippen LogP contribution < -0.4 is 5.32 Å². The Bertz CT molecular complexity index is 774. The molecule has 1 fully saturated rings. The Labute approximate surface area is 142 Å². The molecule has 4 rings (SSSR count). The van der Waals surface area contributed by atoms with Gasteiger partial charge in [0.05, 0.1) is 11.7 Å². The van der Waals surface area contributed by atoms with Gasteiger partial charge in [0.2, 0.25) is 0 Å². The molecule has 1 aromatic carbocycles. The first-order valence-electron chi connectivity index (χ1n) is 8.81. The zero-order valence-electron chi connectivity index (χ0n) is 14.4. The van der Waals surface area contributed by atoms with Crippen molar-refractivity contribution in [2.75, 3.05) is 18.4 Å². The second kappa shape index (κ2) is 5.96. The lowest BCUT2D eigenvalue weighted by Gasteiger charge is -2.39. The Morgan fingerprint density at radius 1 is 1.21 bits per heavy atom. The number of nitrogens with zero attached hydrogens (tertiary/aromatic N) is 3. The molecule has 5 nitrogen and oxygen atoms in total. The Hall–Kier alpha value is -2.30. The number of likely N-dealkylation sites (tertiary alicyclic amines) is 1. The van der Waals surface area contributed by atoms with Crippen LogP contribution in [0.5, 0.6) is 0 Å². The molecule has 2 aliphatic rings. The molecule has 126 valence electrons. The molecule has 24 heavy (non-hydrogen) atoms. The summed E-state index contributed by atoms with van der Waals surface area (Å²) in [5.41, 5.74) is 5.91. The lowest BCUT2D eigenvalue weighted by Crippen LogP contribution is -2.52. The number of fused-ring (bicyclic) bond motifs is 1. The average molecular weight is 324 g/mol. The predicted octanol–water partition coefficient (Wildman–Crippen LogP) is 3.47. The number of urea groups is 1. The zero-order valence-corrected chi connectivity index (χ0v) is 14.4. The van der Waals surface area contributed by atoms with Crippen molar-refractivity contribution in [2.24, 2.45) is 0 Å². The molecular weight excluding hydrogens is 300 g/mol. The summed E-state index contributed by atoms with van der Waals surface area (Å²) in [5, 5.41) is 7.65. The smallest absolute Gasteiger partial charge is 0.320 e. The fourth-order valence-corrected chi connectivity index (χ4v) is 3.88. The number of hydrogen-bond donors (Lipinski definition) is 1. The summed E-state index contributed by atoms with van der Waals surface area (Å²) in [6.45, 7) is 5.52. The largest absolute Gasteiger partial charge is 0.321 e. The highest BCUT2D eigenvalue weighted by atomic mass is 16.2. The number of carbonyl (C=O) groups is 1. The van der Waals surface area contributed by atoms with Gasteiger partial charge in [-0.15, -0.1) is 0 Å². The molecule has 2 heterocycles. The fourth-order valence-electron chi connectivity index (χ4n) is 3.88. The van der Waals surface area contributed by atoms with E-state index in [9.17, 15) is 4.79 Å². The molecule has 2 amide bonds. The van der Waals surface area contributed by atoms with E-state index in [0.717, 1.165) is 43.0 Å². The third-order valence-corrected chi connectivity index (χ3v) is 5.18. The molecule has 0 spiro atoms. The van der Waals surface area contributed by atoms with E-state index in [-0.39, 0.29) is 6.03 Å². The van der Waals surface area contributed by atoms with Crippen molar-refractivity contribution >= 4 is 11.7 Å². The summed E-state index contributed by atoms with van der Waals surface area (Å²) < 4.78 is 2.05. The van der Waals surface area contributed by atoms with Crippen LogP contribution in [0.1, 0.15) is 41.4 Å². The van der Waals surface area contributed by atoms with E-state index in [1.807, 2.05) is 22.6 Å². The quantitative estimate of drug-likeness (QED) is 0.919. The summed E-state index contributed by atoms with van der Waals surface area (Å²) >= 11 is 0. The maximum Gasteiger partial charge on any atom is 0.321 e. The van der Waals surface area contributed by atoms with Gasteiger partial charge in [0.15, 0.2) is 0 Å². The topological polar surface area (TPSA) is 50.2 Å². The van der Waals surface area contributed by atoms with Gasteiger partial charge in [-0.05, 0) is 62.8 Å². The van der Waals surface area contributed by atoms with Crippen LogP contribution in [0.4, 0.5) is 10.5 Å². The number of aryl methyl sites for hydroxylation is 3. The Morgan fingerprint density at radius 2 is 2.00 bits per heavy atom. The highest BCUT2D eigenvalue weighted by molar-refractivity contribution is 5.91. The van der Waals surface area contributed by atoms with Crippen LogP contribution in [0, 0.1) is 13.8 Å². The summed E-state index contributed by atoms with van der Waals surface area (Å²) in [7, 11) is 0. The van der Waals surface area contributed by atoms with E-state index in [1.165, 1.54) is 24.0 Å². The van der Waals surface area contributed by atoms with Gasteiger partial charge in [-0.1, -0.05) is 12.1 Å². The highest BCUT2D eigenvalue weighted by Gasteiger charge is 2.33. The number of benzene rings is 1. The predicted molar refractivity (Wildman–Crippen MR) is 94.4 cm³/mol. The van der Waals surface area contributed by atoms with Gasteiger partial charge < -0.3 is 10.2 Å². The van der Waals surface area contributed by atoms with Crippen molar-refractivity contribution < 1.29 is 4.79 Å². The molecule has 1 aliphatic heterocycles. The van der Waals surface area contributed by atoms with Crippen molar-refractivity contribution in [1.82, 2.24) is 14.7 Å². The number of nitrogens with one attached hydrogen (secondary N) is 1. The Balaban J connectivity index is 1.41. The van der Waals surface area contributed by atoms with Crippen LogP contribution in [-0.2, 0) is 12.8 Å². The minimum atomic E-state index is 0.00625. The summed E-state index contributed by atoms with van der Waals surface area (Å²) in [6, 6.07) is 8.65. The van der Waals surface area contributed by atoms with Crippen LogP contribution in [0.3, 0.4) is 0 Å². The second-order valence-corrected chi connectivity index (χ2v) is 7.01. The van der Waals surface area contributed by atoms with Crippen LogP contribution in [0.25, 0.3) is 0 Å². The molecule has 1 aromatic heterocycles. The van der Waals surface area contributed by atoms with Crippen molar-refractivity contribution in [2.45, 2.75) is 45.6 Å². The van der Waals surface area contributed by atoms with Gasteiger partial charge in [-0.3, -0.25) is 4.68 Å². The number of rotatable bonds is 2. The van der Waals surface area contributed by atoms with Crippen LogP contribution in [0.15, 0.2) is 24.3 Å². The number of carbonyl (C=O) groups excluding carboxylic acids is 1. The summed E-state index contributed by atoms with van der Waals surface area (Å²) in [5.74, 6) is 0. The molecule has 0 bridgehead atoms. The Kier molecular flexibility index (Phi) is 3.79. The lowest BCUT2D eigenvalue weighted by atomic mass is 9.90. The number of anilines is 1. The highest BCUT2D eigenvalue weighted by Crippen LogP contribution is 2.29. The first-order chi connectivity index (χ1) is 11.6. The number of amides is 2. The minimum Gasteiger partial charge on any atom is -0.320 e. The Morgan fingerprint density at radius 3 is 2.75 bits per heavy atom. The molecule has 1 N–H and O–H groups in total. The maximum atomic E-state index is 12.5. The monoisotopic (exact) mass is 324 g/mol. The third-order valence-electron chi connectivity index (χ3n) is 5.18. The molecule has 1 aliphatic carbocycles. The number of aromatic nitrogens is 2. The molecule has 0 saturated carbocycles. The van der Waals surface area contributed by atoms with Gasteiger partial charge in [-0.2, -0.15) is 5.10 Å². The maximum absolute atomic E-state index is 12.5. The second-order valence-electron chi connectivity index (χ2n) is 7.01. The minimum absolute atomic E-state index is 0.00625. The zero-order chi connectivity index (χ0) is 16.7. The van der Waals surface area contributed by atoms with Gasteiger partial charge in [0.1, 0.15) is 0 Å². The number of hydrogen-bond acceptors (Lipinski definition) is 2. The molecule has 0 radical (unpaired) electrons. The van der Waals surface area contributed by atoms with Crippen LogP contribution >= 0.6 is 0 Å². The normalized spacial score (nSPS) is 17.3. The first kappa shape index (κ1) is 15.2. The van der Waals surface area contributed by atoms with Gasteiger partial charge in [0.25, 0.3) is 0 Å². The van der Waals surface area contributed by atoms with Crippen LogP contribution in [0.2, 0.25) is 0 Å². The fraction of sp³-hybridized carbons (Fsp3) is 0.474. The van der Waals surface area contributed by atoms with E-state index >= 15 is 0 Å². The van der Waals surface area contributed by atoms with E-state index < -0.39 is 0 Å². The lowest BCUT2D eigenvalue weighted by molar-refractivity contribution is 0.127. The summed E-state index contributed by atoms with van der Waals surface area (Å²) in [6.07, 6.45) is 4.66. The summed E-state index contributed by atoms with van der Waals surface area (Å²) in [4.78, 5) is 14.4. The molecular formula is C19H24N4O. The molecule has 2 aromatic rings. The van der Waals surface area contributed by atoms with E-state index in [2.05, 4.69) is 35.5 Å². The van der Waals surface area contributed by atoms with Crippen molar-refractivity contribution in [1.29, 1.82) is 0 Å². The van der Waals surface area contributed by atoms with E-state index in [1.54, 1.807) is 0 Å². The SMILES string of the molecule is Cc1cc(C)n(C2CN(C(=O)Nc3cccc4c3CCCC4)C2)n1. The standard InChI is InChI=1S/C19H24N4O/c1-13-10-14(2)23(21-13)16-11-22(12-16)19(24)20-18-9-5-7-15-6-3-4-8-17(15)18/h5,7,9-10,16H,3-4,6,8,11-12H2,1-2H3,(H,20,24). The average Bonchev–Trinajstić information content (AvgIpc) is 2.85. The van der Waals surface area contributed by atoms with Crippen molar-refractivity contribution in [3.8, 4) is 0 Å². The van der Waals surface area contributed by atoms with Gasteiger partial charge in [0, 0.05) is 24.5 Å². The van der Waals surface area contributed by atoms with Crippen LogP contribution in [-0.4, -0.2) is 33.8 Å². The third kappa shape index (κ3) is 2.68. The van der Waals surface area contributed by atoms with E-state index in [4.69, 9.17) is 0 Å². The first-order valence-corrected chi connectivity index (χ1v) is 8.81. The van der Waals surface area contributed by atoms with Gasteiger partial charge >= 0.3 is 6.03 Å². The molecule has 0 unspecified atom stereocenters. The molecule has 0 atom stereocenters. The molecule has 5 heteroatoms. The van der Waals surface area contributed by atoms with Crippen molar-refractivity contribution in [3.63, 3.8) is 0 Å². The van der Waals surface area contributed by atoms with Gasteiger partial charge in [-0.25, -0.2) is 4.79 Å². The van der Waals surface area contributed by atoms with E-state index in [0.29, 0.717) is 6.04 Å². The molecule has 1 saturated heterocycles.